The van der Waals surface area contributed by atoms with Gasteiger partial charge in [0.25, 0.3) is 5.91 Å². The van der Waals surface area contributed by atoms with E-state index >= 15 is 0 Å². The standard InChI is InChI=1S/C23H23NO4S/c1-3-16-12-23(26)28-20-13-17(8-9-18(16)20)27-14-22(25)24-11-10-15(2)29-21-7-5-4-6-19(21)24/h4-9,12-13,15H,3,10-11,14H2,1-2H3. The monoisotopic (exact) mass is 409 g/mol. The molecule has 1 amide bonds. The highest BCUT2D eigenvalue weighted by Crippen LogP contribution is 2.37. The van der Waals surface area contributed by atoms with E-state index in [1.165, 1.54) is 6.07 Å². The molecule has 1 aromatic heterocycles. The molecule has 1 unspecified atom stereocenters. The molecular weight excluding hydrogens is 386 g/mol. The number of hydrogen-bond acceptors (Lipinski definition) is 5. The molecule has 0 fully saturated rings. The van der Waals surface area contributed by atoms with Crippen LogP contribution >= 0.6 is 11.8 Å². The van der Waals surface area contributed by atoms with E-state index in [9.17, 15) is 9.59 Å². The average molecular weight is 410 g/mol. The van der Waals surface area contributed by atoms with Crippen molar-refractivity contribution >= 4 is 34.3 Å². The molecule has 3 aromatic rings. The Balaban J connectivity index is 1.53. The summed E-state index contributed by atoms with van der Waals surface area (Å²) in [6.07, 6.45) is 1.66. The third-order valence-corrected chi connectivity index (χ3v) is 6.33. The summed E-state index contributed by atoms with van der Waals surface area (Å²) in [6.45, 7) is 4.77. The van der Waals surface area contributed by atoms with Crippen LogP contribution in [0.4, 0.5) is 5.69 Å². The van der Waals surface area contributed by atoms with Crippen molar-refractivity contribution in [3.8, 4) is 5.75 Å². The van der Waals surface area contributed by atoms with Gasteiger partial charge in [-0.05, 0) is 42.7 Å². The van der Waals surface area contributed by atoms with Crippen LogP contribution in [0.2, 0.25) is 0 Å². The number of amides is 1. The van der Waals surface area contributed by atoms with Crippen LogP contribution in [0.3, 0.4) is 0 Å². The van der Waals surface area contributed by atoms with E-state index in [0.717, 1.165) is 34.4 Å². The highest BCUT2D eigenvalue weighted by molar-refractivity contribution is 8.00. The topological polar surface area (TPSA) is 59.8 Å². The van der Waals surface area contributed by atoms with E-state index in [1.807, 2.05) is 42.2 Å². The van der Waals surface area contributed by atoms with Gasteiger partial charge in [0.15, 0.2) is 6.61 Å². The second kappa shape index (κ2) is 8.33. The Hall–Kier alpha value is -2.73. The molecule has 5 nitrogen and oxygen atoms in total. The fourth-order valence-corrected chi connectivity index (χ4v) is 4.67. The molecule has 0 radical (unpaired) electrons. The summed E-state index contributed by atoms with van der Waals surface area (Å²) in [6, 6.07) is 14.9. The maximum absolute atomic E-state index is 12.9. The summed E-state index contributed by atoms with van der Waals surface area (Å²) in [4.78, 5) is 27.6. The molecule has 2 aromatic carbocycles. The quantitative estimate of drug-likeness (QED) is 0.587. The first kappa shape index (κ1) is 19.6. The van der Waals surface area contributed by atoms with Crippen LogP contribution in [0.25, 0.3) is 11.0 Å². The number of nitrogens with zero attached hydrogens (tertiary/aromatic N) is 1. The zero-order valence-electron chi connectivity index (χ0n) is 16.5. The lowest BCUT2D eigenvalue weighted by molar-refractivity contribution is -0.120. The molecule has 150 valence electrons. The Labute approximate surface area is 173 Å². The lowest BCUT2D eigenvalue weighted by Crippen LogP contribution is -2.36. The molecule has 29 heavy (non-hydrogen) atoms. The number of fused-ring (bicyclic) bond motifs is 2. The molecule has 1 aliphatic rings. The number of thioether (sulfide) groups is 1. The van der Waals surface area contributed by atoms with E-state index < -0.39 is 0 Å². The molecule has 0 saturated heterocycles. The summed E-state index contributed by atoms with van der Waals surface area (Å²) >= 11 is 1.80. The zero-order chi connectivity index (χ0) is 20.4. The van der Waals surface area contributed by atoms with Gasteiger partial charge in [-0.2, -0.15) is 0 Å². The van der Waals surface area contributed by atoms with Gasteiger partial charge < -0.3 is 14.1 Å². The highest BCUT2D eigenvalue weighted by atomic mass is 32.2. The Kier molecular flexibility index (Phi) is 5.62. The lowest BCUT2D eigenvalue weighted by Gasteiger charge is -2.22. The first-order valence-electron chi connectivity index (χ1n) is 9.81. The van der Waals surface area contributed by atoms with Gasteiger partial charge in [0, 0.05) is 34.2 Å². The van der Waals surface area contributed by atoms with Gasteiger partial charge in [-0.3, -0.25) is 4.79 Å². The summed E-state index contributed by atoms with van der Waals surface area (Å²) in [5.41, 5.74) is 1.97. The summed E-state index contributed by atoms with van der Waals surface area (Å²) in [5.74, 6) is 0.420. The Morgan fingerprint density at radius 1 is 1.24 bits per heavy atom. The Morgan fingerprint density at radius 3 is 2.90 bits per heavy atom. The van der Waals surface area contributed by atoms with Crippen molar-refractivity contribution in [2.24, 2.45) is 0 Å². The smallest absolute Gasteiger partial charge is 0.336 e. The predicted molar refractivity (Wildman–Crippen MR) is 116 cm³/mol. The zero-order valence-corrected chi connectivity index (χ0v) is 17.3. The fraction of sp³-hybridized carbons (Fsp3) is 0.304. The second-order valence-electron chi connectivity index (χ2n) is 7.12. The molecule has 0 spiro atoms. The lowest BCUT2D eigenvalue weighted by atomic mass is 10.1. The van der Waals surface area contributed by atoms with Gasteiger partial charge >= 0.3 is 5.63 Å². The van der Waals surface area contributed by atoms with Gasteiger partial charge in [-0.15, -0.1) is 11.8 Å². The maximum atomic E-state index is 12.9. The first-order chi connectivity index (χ1) is 14.0. The number of benzene rings is 2. The summed E-state index contributed by atoms with van der Waals surface area (Å²) in [7, 11) is 0. The van der Waals surface area contributed by atoms with E-state index in [2.05, 4.69) is 13.0 Å². The van der Waals surface area contributed by atoms with E-state index in [1.54, 1.807) is 17.8 Å². The molecule has 2 heterocycles. The van der Waals surface area contributed by atoms with Crippen LogP contribution in [0.1, 0.15) is 25.8 Å². The minimum absolute atomic E-state index is 0.0728. The predicted octanol–water partition coefficient (Wildman–Crippen LogP) is 4.65. The molecule has 0 bridgehead atoms. The van der Waals surface area contributed by atoms with Gasteiger partial charge in [0.05, 0.1) is 5.69 Å². The first-order valence-corrected chi connectivity index (χ1v) is 10.7. The van der Waals surface area contributed by atoms with Crippen molar-refractivity contribution in [2.75, 3.05) is 18.1 Å². The van der Waals surface area contributed by atoms with E-state index in [4.69, 9.17) is 9.15 Å². The molecule has 6 heteroatoms. The SMILES string of the molecule is CCc1cc(=O)oc2cc(OCC(=O)N3CCC(C)Sc4ccccc43)ccc12. The van der Waals surface area contributed by atoms with E-state index in [0.29, 0.717) is 23.1 Å². The van der Waals surface area contributed by atoms with Crippen molar-refractivity contribution in [1.82, 2.24) is 0 Å². The van der Waals surface area contributed by atoms with Gasteiger partial charge in [-0.25, -0.2) is 4.79 Å². The van der Waals surface area contributed by atoms with Crippen LogP contribution in [0, 0.1) is 0 Å². The average Bonchev–Trinajstić information content (AvgIpc) is 2.89. The molecule has 0 N–H and O–H groups in total. The highest BCUT2D eigenvalue weighted by Gasteiger charge is 2.24. The molecule has 0 saturated carbocycles. The van der Waals surface area contributed by atoms with Crippen molar-refractivity contribution in [3.05, 3.63) is 64.5 Å². The second-order valence-corrected chi connectivity index (χ2v) is 8.60. The van der Waals surface area contributed by atoms with Crippen LogP contribution in [-0.2, 0) is 11.2 Å². The minimum Gasteiger partial charge on any atom is -0.484 e. The van der Waals surface area contributed by atoms with Crippen molar-refractivity contribution < 1.29 is 13.9 Å². The largest absolute Gasteiger partial charge is 0.484 e. The Bertz CT molecular complexity index is 1110. The minimum atomic E-state index is -0.379. The van der Waals surface area contributed by atoms with Crippen molar-refractivity contribution in [1.29, 1.82) is 0 Å². The number of ether oxygens (including phenoxy) is 1. The van der Waals surface area contributed by atoms with Gasteiger partial charge in [0.1, 0.15) is 11.3 Å². The Morgan fingerprint density at radius 2 is 2.07 bits per heavy atom. The maximum Gasteiger partial charge on any atom is 0.336 e. The summed E-state index contributed by atoms with van der Waals surface area (Å²) in [5, 5.41) is 1.34. The van der Waals surface area contributed by atoms with Crippen LogP contribution < -0.4 is 15.3 Å². The molecular formula is C23H23NO4S. The number of carbonyl (C=O) groups excluding carboxylic acids is 1. The molecule has 4 rings (SSSR count). The molecule has 1 atom stereocenters. The third kappa shape index (κ3) is 4.17. The third-order valence-electron chi connectivity index (χ3n) is 5.09. The van der Waals surface area contributed by atoms with Crippen molar-refractivity contribution in [2.45, 2.75) is 36.8 Å². The van der Waals surface area contributed by atoms with Gasteiger partial charge in [0.2, 0.25) is 0 Å². The fourth-order valence-electron chi connectivity index (χ4n) is 3.56. The number of aryl methyl sites for hydroxylation is 1. The number of anilines is 1. The van der Waals surface area contributed by atoms with Crippen molar-refractivity contribution in [3.63, 3.8) is 0 Å². The normalized spacial score (nSPS) is 16.3. The van der Waals surface area contributed by atoms with Crippen LogP contribution in [0.15, 0.2) is 62.6 Å². The number of hydrogen-bond donors (Lipinski definition) is 0. The summed E-state index contributed by atoms with van der Waals surface area (Å²) < 4.78 is 11.1. The number of rotatable bonds is 4. The molecule has 1 aliphatic heterocycles. The molecule has 0 aliphatic carbocycles. The van der Waals surface area contributed by atoms with Crippen LogP contribution in [0.5, 0.6) is 5.75 Å². The number of para-hydroxylation sites is 1. The number of carbonyl (C=O) groups is 1. The van der Waals surface area contributed by atoms with Gasteiger partial charge in [-0.1, -0.05) is 26.0 Å². The van der Waals surface area contributed by atoms with E-state index in [-0.39, 0.29) is 18.1 Å². The van der Waals surface area contributed by atoms with Crippen LogP contribution in [-0.4, -0.2) is 24.3 Å².